The Bertz CT molecular complexity index is 1370. The molecule has 0 amide bonds. The van der Waals surface area contributed by atoms with E-state index in [4.69, 9.17) is 0 Å². The molecule has 0 unspecified atom stereocenters. The molecule has 9 nitrogen and oxygen atoms in total. The zero-order valence-electron chi connectivity index (χ0n) is 19.2. The third kappa shape index (κ3) is 4.58. The number of aromatic nitrogens is 3. The molecule has 0 bridgehead atoms. The fourth-order valence-corrected chi connectivity index (χ4v) is 5.10. The van der Waals surface area contributed by atoms with Gasteiger partial charge in [0, 0.05) is 50.5 Å². The summed E-state index contributed by atoms with van der Waals surface area (Å²) in [4.78, 5) is 24.1. The van der Waals surface area contributed by atoms with E-state index in [2.05, 4.69) is 15.3 Å². The summed E-state index contributed by atoms with van der Waals surface area (Å²) >= 11 is 0. The van der Waals surface area contributed by atoms with E-state index in [1.807, 2.05) is 24.8 Å². The summed E-state index contributed by atoms with van der Waals surface area (Å²) in [5, 5.41) is 13.1. The molecule has 2 aromatic heterocycles. The molecule has 3 aromatic rings. The first-order chi connectivity index (χ1) is 15.6. The lowest BCUT2D eigenvalue weighted by Crippen LogP contribution is -2.22. The number of hydrogen-bond donors (Lipinski definition) is 2. The Morgan fingerprint density at radius 2 is 2.03 bits per heavy atom. The summed E-state index contributed by atoms with van der Waals surface area (Å²) in [6.45, 7) is 5.29. The highest BCUT2D eigenvalue weighted by atomic mass is 32.2. The first kappa shape index (κ1) is 23.2. The van der Waals surface area contributed by atoms with Crippen molar-refractivity contribution >= 4 is 32.2 Å². The average molecular weight is 472 g/mol. The predicted molar refractivity (Wildman–Crippen MR) is 129 cm³/mol. The number of hydrogen-bond acceptors (Lipinski definition) is 8. The molecule has 1 aromatic carbocycles. The summed E-state index contributed by atoms with van der Waals surface area (Å²) in [6, 6.07) is 7.01. The molecule has 33 heavy (non-hydrogen) atoms. The Morgan fingerprint density at radius 1 is 1.27 bits per heavy atom. The van der Waals surface area contributed by atoms with Gasteiger partial charge in [-0.25, -0.2) is 18.4 Å². The molecule has 4 rings (SSSR count). The molecule has 1 saturated heterocycles. The van der Waals surface area contributed by atoms with Crippen LogP contribution in [0.2, 0.25) is 0 Å². The van der Waals surface area contributed by atoms with Gasteiger partial charge in [-0.15, -0.1) is 0 Å². The van der Waals surface area contributed by atoms with Gasteiger partial charge < -0.3 is 19.9 Å². The van der Waals surface area contributed by atoms with Crippen molar-refractivity contribution in [2.45, 2.75) is 31.2 Å². The largest absolute Gasteiger partial charge is 0.396 e. The maximum Gasteiger partial charge on any atom is 0.264 e. The number of fused-ring (bicyclic) bond motifs is 1. The number of sulfone groups is 1. The number of aliphatic hydroxyl groups is 1. The molecule has 10 heteroatoms. The fourth-order valence-electron chi connectivity index (χ4n) is 4.18. The van der Waals surface area contributed by atoms with Crippen molar-refractivity contribution in [1.29, 1.82) is 0 Å². The van der Waals surface area contributed by atoms with Crippen LogP contribution in [0.25, 0.3) is 22.2 Å². The topological polar surface area (TPSA) is 117 Å². The van der Waals surface area contributed by atoms with Gasteiger partial charge in [-0.05, 0) is 38.5 Å². The summed E-state index contributed by atoms with van der Waals surface area (Å²) in [5.74, 6) is 0.555. The van der Waals surface area contributed by atoms with Crippen molar-refractivity contribution in [3.8, 4) is 11.3 Å². The van der Waals surface area contributed by atoms with Gasteiger partial charge in [-0.2, -0.15) is 0 Å². The predicted octanol–water partition coefficient (Wildman–Crippen LogP) is 2.04. The van der Waals surface area contributed by atoms with Crippen LogP contribution in [0.4, 0.5) is 11.5 Å². The lowest BCUT2D eigenvalue weighted by Gasteiger charge is -2.22. The summed E-state index contributed by atoms with van der Waals surface area (Å²) in [6.07, 6.45) is 3.47. The SMILES string of the molecule is CC(C)Nc1nc(-c2ccc(N3CC[C@H](CO)C3)c(S(C)(=O)=O)c2)cc2ncn(C)c(=O)c12. The minimum atomic E-state index is -3.53. The molecule has 1 fully saturated rings. The molecule has 1 aliphatic rings. The van der Waals surface area contributed by atoms with Gasteiger partial charge in [-0.3, -0.25) is 4.79 Å². The molecule has 0 spiro atoms. The maximum atomic E-state index is 12.7. The van der Waals surface area contributed by atoms with E-state index in [1.54, 1.807) is 25.2 Å². The Hall–Kier alpha value is -2.98. The van der Waals surface area contributed by atoms with E-state index in [0.717, 1.165) is 6.42 Å². The summed E-state index contributed by atoms with van der Waals surface area (Å²) in [5.41, 5.74) is 2.06. The minimum absolute atomic E-state index is 0.0319. The smallest absolute Gasteiger partial charge is 0.264 e. The number of benzene rings is 1. The summed E-state index contributed by atoms with van der Waals surface area (Å²) in [7, 11) is -1.89. The molecule has 0 saturated carbocycles. The zero-order chi connectivity index (χ0) is 23.9. The number of aryl methyl sites for hydroxylation is 1. The normalized spacial score (nSPS) is 16.7. The lowest BCUT2D eigenvalue weighted by molar-refractivity contribution is 0.238. The molecule has 0 aliphatic carbocycles. The molecule has 3 heterocycles. The second kappa shape index (κ2) is 8.75. The van der Waals surface area contributed by atoms with Crippen LogP contribution >= 0.6 is 0 Å². The molecule has 0 radical (unpaired) electrons. The fraction of sp³-hybridized carbons (Fsp3) is 0.435. The Balaban J connectivity index is 1.88. The molecular weight excluding hydrogens is 442 g/mol. The second-order valence-corrected chi connectivity index (χ2v) is 10.9. The number of nitrogens with one attached hydrogen (secondary N) is 1. The van der Waals surface area contributed by atoms with Gasteiger partial charge in [0.05, 0.1) is 28.1 Å². The van der Waals surface area contributed by atoms with E-state index in [-0.39, 0.29) is 29.0 Å². The van der Waals surface area contributed by atoms with E-state index in [9.17, 15) is 18.3 Å². The molecule has 2 N–H and O–H groups in total. The van der Waals surface area contributed by atoms with Crippen molar-refractivity contribution in [1.82, 2.24) is 14.5 Å². The van der Waals surface area contributed by atoms with Crippen LogP contribution in [0.3, 0.4) is 0 Å². The van der Waals surface area contributed by atoms with Crippen LogP contribution in [0.1, 0.15) is 20.3 Å². The summed E-state index contributed by atoms with van der Waals surface area (Å²) < 4.78 is 26.8. The number of nitrogens with zero attached hydrogens (tertiary/aromatic N) is 4. The van der Waals surface area contributed by atoms with Crippen LogP contribution in [0.5, 0.6) is 0 Å². The molecule has 176 valence electrons. The van der Waals surface area contributed by atoms with Crippen LogP contribution < -0.4 is 15.8 Å². The standard InChI is InChI=1S/C23H29N5O4S/c1-14(2)25-22-21-18(24-13-27(3)23(21)30)10-17(26-22)16-5-6-19(20(9-16)33(4,31)32)28-8-7-15(11-28)12-29/h5-6,9-10,13-15,29H,7-8,11-12H2,1-4H3,(H,25,26)/t15-/m0/s1. The number of anilines is 2. The monoisotopic (exact) mass is 471 g/mol. The molecular formula is C23H29N5O4S. The van der Waals surface area contributed by atoms with E-state index in [0.29, 0.717) is 46.8 Å². The Morgan fingerprint density at radius 3 is 2.67 bits per heavy atom. The van der Waals surface area contributed by atoms with Crippen LogP contribution in [0, 0.1) is 5.92 Å². The van der Waals surface area contributed by atoms with Crippen molar-refractivity contribution in [3.05, 3.63) is 40.9 Å². The van der Waals surface area contributed by atoms with Crippen molar-refractivity contribution in [2.75, 3.05) is 36.2 Å². The zero-order valence-corrected chi connectivity index (χ0v) is 20.1. The van der Waals surface area contributed by atoms with Crippen LogP contribution in [0.15, 0.2) is 40.3 Å². The van der Waals surface area contributed by atoms with E-state index < -0.39 is 9.84 Å². The number of pyridine rings is 1. The van der Waals surface area contributed by atoms with Gasteiger partial charge in [0.15, 0.2) is 9.84 Å². The van der Waals surface area contributed by atoms with Crippen molar-refractivity contribution in [3.63, 3.8) is 0 Å². The maximum absolute atomic E-state index is 12.7. The van der Waals surface area contributed by atoms with Gasteiger partial charge >= 0.3 is 0 Å². The van der Waals surface area contributed by atoms with Gasteiger partial charge in [0.1, 0.15) is 11.2 Å². The highest BCUT2D eigenvalue weighted by Gasteiger charge is 2.27. The van der Waals surface area contributed by atoms with E-state index in [1.165, 1.54) is 17.2 Å². The highest BCUT2D eigenvalue weighted by Crippen LogP contribution is 2.34. The number of rotatable bonds is 6. The lowest BCUT2D eigenvalue weighted by atomic mass is 10.1. The first-order valence-corrected chi connectivity index (χ1v) is 12.8. The highest BCUT2D eigenvalue weighted by molar-refractivity contribution is 7.90. The quantitative estimate of drug-likeness (QED) is 0.561. The minimum Gasteiger partial charge on any atom is -0.396 e. The van der Waals surface area contributed by atoms with Gasteiger partial charge in [-0.1, -0.05) is 6.07 Å². The molecule has 1 aliphatic heterocycles. The van der Waals surface area contributed by atoms with Gasteiger partial charge in [0.25, 0.3) is 5.56 Å². The van der Waals surface area contributed by atoms with Gasteiger partial charge in [0.2, 0.25) is 0 Å². The van der Waals surface area contributed by atoms with Crippen LogP contribution in [-0.2, 0) is 16.9 Å². The first-order valence-electron chi connectivity index (χ1n) is 10.9. The Kier molecular flexibility index (Phi) is 6.15. The average Bonchev–Trinajstić information content (AvgIpc) is 3.24. The number of aliphatic hydroxyl groups excluding tert-OH is 1. The third-order valence-electron chi connectivity index (χ3n) is 5.87. The second-order valence-electron chi connectivity index (χ2n) is 8.95. The van der Waals surface area contributed by atoms with Crippen molar-refractivity contribution < 1.29 is 13.5 Å². The van der Waals surface area contributed by atoms with Crippen molar-refractivity contribution in [2.24, 2.45) is 13.0 Å². The third-order valence-corrected chi connectivity index (χ3v) is 6.99. The van der Waals surface area contributed by atoms with E-state index >= 15 is 0 Å². The Labute approximate surface area is 193 Å². The van der Waals surface area contributed by atoms with Crippen LogP contribution in [-0.4, -0.2) is 60.1 Å². The molecule has 1 atom stereocenters.